The van der Waals surface area contributed by atoms with Crippen molar-refractivity contribution in [2.45, 2.75) is 6.54 Å². The zero-order chi connectivity index (χ0) is 14.4. The highest BCUT2D eigenvalue weighted by molar-refractivity contribution is 5.46. The Morgan fingerprint density at radius 3 is 2.55 bits per heavy atom. The average Bonchev–Trinajstić information content (AvgIpc) is 2.46. The first kappa shape index (κ1) is 14.1. The monoisotopic (exact) mass is 269 g/mol. The lowest BCUT2D eigenvalue weighted by Gasteiger charge is -2.19. The minimum absolute atomic E-state index is 0.135. The molecule has 0 fully saturated rings. The molecule has 2 aromatic carbocycles. The molecule has 102 valence electrons. The Hall–Kier alpha value is -2.31. The van der Waals surface area contributed by atoms with Gasteiger partial charge in [0.1, 0.15) is 12.4 Å². The summed E-state index contributed by atoms with van der Waals surface area (Å²) in [6.45, 7) is 0.557. The van der Waals surface area contributed by atoms with Crippen LogP contribution in [0.25, 0.3) is 0 Å². The second-order valence-electron chi connectivity index (χ2n) is 4.49. The maximum absolute atomic E-state index is 13.2. The molecule has 0 aliphatic carbocycles. The first-order chi connectivity index (χ1) is 9.69. The number of hydrogen-bond acceptors (Lipinski definition) is 2. The van der Waals surface area contributed by atoms with Crippen LogP contribution in [0.2, 0.25) is 0 Å². The van der Waals surface area contributed by atoms with E-state index in [0.29, 0.717) is 6.54 Å². The van der Waals surface area contributed by atoms with Gasteiger partial charge in [-0.05, 0) is 35.9 Å². The molecule has 2 aromatic rings. The molecule has 0 atom stereocenters. The Labute approximate surface area is 118 Å². The zero-order valence-corrected chi connectivity index (χ0v) is 11.3. The SMILES string of the molecule is CN(Cc1ccc(C#CCO)cc1)c1cccc(F)c1. The molecular formula is C17H16FNO. The van der Waals surface area contributed by atoms with Crippen molar-refractivity contribution in [1.82, 2.24) is 0 Å². The van der Waals surface area contributed by atoms with Crippen molar-refractivity contribution in [2.75, 3.05) is 18.6 Å². The third-order valence-corrected chi connectivity index (χ3v) is 2.93. The van der Waals surface area contributed by atoms with E-state index < -0.39 is 0 Å². The van der Waals surface area contributed by atoms with Crippen LogP contribution in [0, 0.1) is 17.7 Å². The molecule has 0 spiro atoms. The predicted octanol–water partition coefficient (Wildman–Crippen LogP) is 2.81. The van der Waals surface area contributed by atoms with E-state index in [-0.39, 0.29) is 12.4 Å². The van der Waals surface area contributed by atoms with Crippen molar-refractivity contribution >= 4 is 5.69 Å². The van der Waals surface area contributed by atoms with Crippen LogP contribution in [-0.4, -0.2) is 18.8 Å². The third kappa shape index (κ3) is 3.84. The molecule has 2 nitrogen and oxygen atoms in total. The van der Waals surface area contributed by atoms with Gasteiger partial charge in [0.2, 0.25) is 0 Å². The number of aliphatic hydroxyl groups excluding tert-OH is 1. The second kappa shape index (κ2) is 6.74. The summed E-state index contributed by atoms with van der Waals surface area (Å²) < 4.78 is 13.2. The minimum atomic E-state index is -0.232. The van der Waals surface area contributed by atoms with Crippen molar-refractivity contribution in [3.05, 3.63) is 65.5 Å². The zero-order valence-electron chi connectivity index (χ0n) is 11.3. The Balaban J connectivity index is 2.06. The van der Waals surface area contributed by atoms with Crippen LogP contribution >= 0.6 is 0 Å². The van der Waals surface area contributed by atoms with Crippen LogP contribution in [-0.2, 0) is 6.54 Å². The quantitative estimate of drug-likeness (QED) is 0.866. The molecule has 0 amide bonds. The summed E-state index contributed by atoms with van der Waals surface area (Å²) in [4.78, 5) is 1.98. The number of hydrogen-bond donors (Lipinski definition) is 1. The molecule has 1 N–H and O–H groups in total. The molecule has 0 bridgehead atoms. The van der Waals surface area contributed by atoms with Crippen LogP contribution < -0.4 is 4.90 Å². The molecule has 0 radical (unpaired) electrons. The molecule has 0 unspecified atom stereocenters. The largest absolute Gasteiger partial charge is 0.384 e. The van der Waals surface area contributed by atoms with Gasteiger partial charge < -0.3 is 10.0 Å². The minimum Gasteiger partial charge on any atom is -0.384 e. The highest BCUT2D eigenvalue weighted by atomic mass is 19.1. The highest BCUT2D eigenvalue weighted by Crippen LogP contribution is 2.16. The van der Waals surface area contributed by atoms with Crippen molar-refractivity contribution in [3.63, 3.8) is 0 Å². The Morgan fingerprint density at radius 2 is 1.90 bits per heavy atom. The summed E-state index contributed by atoms with van der Waals surface area (Å²) in [5.41, 5.74) is 2.83. The smallest absolute Gasteiger partial charge is 0.125 e. The van der Waals surface area contributed by atoms with E-state index >= 15 is 0 Å². The average molecular weight is 269 g/mol. The summed E-state index contributed by atoms with van der Waals surface area (Å²) in [7, 11) is 1.92. The van der Waals surface area contributed by atoms with Crippen LogP contribution in [0.3, 0.4) is 0 Å². The van der Waals surface area contributed by atoms with E-state index in [1.54, 1.807) is 6.07 Å². The van der Waals surface area contributed by atoms with Crippen LogP contribution in [0.15, 0.2) is 48.5 Å². The van der Waals surface area contributed by atoms with Crippen LogP contribution in [0.5, 0.6) is 0 Å². The third-order valence-electron chi connectivity index (χ3n) is 2.93. The molecule has 0 aromatic heterocycles. The Kier molecular flexibility index (Phi) is 4.75. The highest BCUT2D eigenvalue weighted by Gasteiger charge is 2.03. The van der Waals surface area contributed by atoms with Gasteiger partial charge in [-0.1, -0.05) is 30.0 Å². The van der Waals surface area contributed by atoms with Crippen LogP contribution in [0.4, 0.5) is 10.1 Å². The van der Waals surface area contributed by atoms with E-state index in [1.165, 1.54) is 12.1 Å². The Morgan fingerprint density at radius 1 is 1.15 bits per heavy atom. The number of aliphatic hydroxyl groups is 1. The number of benzene rings is 2. The summed E-state index contributed by atoms with van der Waals surface area (Å²) in [6, 6.07) is 14.3. The lowest BCUT2D eigenvalue weighted by atomic mass is 10.1. The molecule has 3 heteroatoms. The fraction of sp³-hybridized carbons (Fsp3) is 0.176. The lowest BCUT2D eigenvalue weighted by Crippen LogP contribution is -2.16. The molecular weight excluding hydrogens is 253 g/mol. The van der Waals surface area contributed by atoms with Gasteiger partial charge in [-0.2, -0.15) is 0 Å². The van der Waals surface area contributed by atoms with Crippen LogP contribution in [0.1, 0.15) is 11.1 Å². The molecule has 0 aliphatic heterocycles. The molecule has 0 heterocycles. The van der Waals surface area contributed by atoms with Gasteiger partial charge in [0.25, 0.3) is 0 Å². The van der Waals surface area contributed by atoms with Crippen molar-refractivity contribution in [1.29, 1.82) is 0 Å². The van der Waals surface area contributed by atoms with Gasteiger partial charge in [0.05, 0.1) is 0 Å². The van der Waals surface area contributed by atoms with Crippen molar-refractivity contribution < 1.29 is 9.50 Å². The van der Waals surface area contributed by atoms with E-state index in [2.05, 4.69) is 11.8 Å². The number of nitrogens with zero attached hydrogens (tertiary/aromatic N) is 1. The van der Waals surface area contributed by atoms with Gasteiger partial charge in [-0.15, -0.1) is 0 Å². The molecule has 2 rings (SSSR count). The van der Waals surface area contributed by atoms with Gasteiger partial charge in [0, 0.05) is 24.8 Å². The van der Waals surface area contributed by atoms with Gasteiger partial charge in [-0.25, -0.2) is 4.39 Å². The van der Waals surface area contributed by atoms with Crippen molar-refractivity contribution in [2.24, 2.45) is 0 Å². The molecule has 20 heavy (non-hydrogen) atoms. The maximum atomic E-state index is 13.2. The summed E-state index contributed by atoms with van der Waals surface area (Å²) >= 11 is 0. The fourth-order valence-corrected chi connectivity index (χ4v) is 1.91. The maximum Gasteiger partial charge on any atom is 0.125 e. The van der Waals surface area contributed by atoms with Gasteiger partial charge >= 0.3 is 0 Å². The predicted molar refractivity (Wildman–Crippen MR) is 78.9 cm³/mol. The second-order valence-corrected chi connectivity index (χ2v) is 4.49. The summed E-state index contributed by atoms with van der Waals surface area (Å²) in [5.74, 6) is 5.23. The topological polar surface area (TPSA) is 23.5 Å². The number of rotatable bonds is 3. The van der Waals surface area contributed by atoms with E-state index in [4.69, 9.17) is 5.11 Å². The number of anilines is 1. The molecule has 0 saturated carbocycles. The molecule has 0 aliphatic rings. The van der Waals surface area contributed by atoms with E-state index in [9.17, 15) is 4.39 Å². The summed E-state index contributed by atoms with van der Waals surface area (Å²) in [6.07, 6.45) is 0. The van der Waals surface area contributed by atoms with E-state index in [0.717, 1.165) is 16.8 Å². The van der Waals surface area contributed by atoms with Gasteiger partial charge in [0.15, 0.2) is 0 Å². The fourth-order valence-electron chi connectivity index (χ4n) is 1.91. The van der Waals surface area contributed by atoms with Crippen molar-refractivity contribution in [3.8, 4) is 11.8 Å². The molecule has 0 saturated heterocycles. The van der Waals surface area contributed by atoms with E-state index in [1.807, 2.05) is 42.3 Å². The standard InChI is InChI=1S/C17H16FNO/c1-19(17-6-2-5-16(18)12-17)13-15-9-7-14(8-10-15)4-3-11-20/h2,5-10,12,20H,11,13H2,1H3. The summed E-state index contributed by atoms with van der Waals surface area (Å²) in [5, 5.41) is 8.64. The first-order valence-corrected chi connectivity index (χ1v) is 6.34. The number of halogens is 1. The lowest BCUT2D eigenvalue weighted by molar-refractivity contribution is 0.350. The normalized spacial score (nSPS) is 9.75. The Bertz CT molecular complexity index is 625. The van der Waals surface area contributed by atoms with Gasteiger partial charge in [-0.3, -0.25) is 0 Å². The first-order valence-electron chi connectivity index (χ1n) is 6.34.